The number of imidazole rings is 1. The van der Waals surface area contributed by atoms with Gasteiger partial charge < -0.3 is 14.4 Å². The van der Waals surface area contributed by atoms with Crippen molar-refractivity contribution >= 4 is 17.1 Å². The van der Waals surface area contributed by atoms with Crippen molar-refractivity contribution in [3.05, 3.63) is 95.6 Å². The Morgan fingerprint density at radius 2 is 1.89 bits per heavy atom. The van der Waals surface area contributed by atoms with E-state index in [2.05, 4.69) is 10.1 Å². The SMILES string of the molecule is O=C(c1cccc(-c2ccc3nccn3c2)c1)N1CCC(O)(Cn2cnn3cccc3c2=O)CC1. The minimum Gasteiger partial charge on any atom is -0.388 e. The number of fused-ring (bicyclic) bond motifs is 2. The van der Waals surface area contributed by atoms with E-state index in [9.17, 15) is 14.7 Å². The summed E-state index contributed by atoms with van der Waals surface area (Å²) in [4.78, 5) is 32.0. The average molecular weight is 469 g/mol. The fraction of sp³-hybridized carbons (Fsp3) is 0.231. The van der Waals surface area contributed by atoms with Crippen LogP contribution in [-0.4, -0.2) is 58.2 Å². The van der Waals surface area contributed by atoms with Crippen LogP contribution in [0, 0.1) is 0 Å². The molecule has 0 saturated carbocycles. The summed E-state index contributed by atoms with van der Waals surface area (Å²) in [5.74, 6) is -0.0638. The molecule has 4 aromatic heterocycles. The lowest BCUT2D eigenvalue weighted by atomic mass is 9.90. The lowest BCUT2D eigenvalue weighted by molar-refractivity contribution is -0.0300. The number of pyridine rings is 1. The van der Waals surface area contributed by atoms with Gasteiger partial charge in [-0.3, -0.25) is 14.2 Å². The van der Waals surface area contributed by atoms with E-state index < -0.39 is 5.60 Å². The van der Waals surface area contributed by atoms with Gasteiger partial charge in [0.15, 0.2) is 0 Å². The summed E-state index contributed by atoms with van der Waals surface area (Å²) in [6.07, 6.45) is 9.58. The minimum absolute atomic E-state index is 0.0638. The summed E-state index contributed by atoms with van der Waals surface area (Å²) in [5.41, 5.74) is 2.63. The molecule has 1 saturated heterocycles. The van der Waals surface area contributed by atoms with Gasteiger partial charge in [0.1, 0.15) is 17.5 Å². The second-order valence-electron chi connectivity index (χ2n) is 9.11. The third-order valence-electron chi connectivity index (χ3n) is 6.80. The van der Waals surface area contributed by atoms with Gasteiger partial charge in [0.2, 0.25) is 0 Å². The van der Waals surface area contributed by atoms with Crippen molar-refractivity contribution in [3.63, 3.8) is 0 Å². The molecule has 5 aromatic rings. The fourth-order valence-corrected chi connectivity index (χ4v) is 4.78. The van der Waals surface area contributed by atoms with Crippen molar-refractivity contribution in [2.45, 2.75) is 25.0 Å². The standard InChI is InChI=1S/C26H24N6O3/c33-24(20-4-1-3-19(15-20)21-6-7-23-27-10-14-30(23)16-21)29-12-8-26(35,9-13-29)17-31-18-28-32-11-2-5-22(32)25(31)34/h1-7,10-11,14-16,18,35H,8-9,12-13,17H2. The maximum Gasteiger partial charge on any atom is 0.277 e. The van der Waals surface area contributed by atoms with E-state index in [1.165, 1.54) is 15.4 Å². The molecule has 1 aliphatic rings. The van der Waals surface area contributed by atoms with E-state index in [0.29, 0.717) is 37.0 Å². The van der Waals surface area contributed by atoms with Gasteiger partial charge in [-0.15, -0.1) is 0 Å². The summed E-state index contributed by atoms with van der Waals surface area (Å²) in [6.45, 7) is 0.973. The molecule has 5 heterocycles. The van der Waals surface area contributed by atoms with Crippen LogP contribution in [-0.2, 0) is 6.54 Å². The number of likely N-dealkylation sites (tertiary alicyclic amines) is 1. The smallest absolute Gasteiger partial charge is 0.277 e. The number of piperidine rings is 1. The van der Waals surface area contributed by atoms with E-state index in [4.69, 9.17) is 0 Å². The second-order valence-corrected chi connectivity index (χ2v) is 9.11. The maximum atomic E-state index is 13.3. The summed E-state index contributed by atoms with van der Waals surface area (Å²) < 4.78 is 4.92. The Balaban J connectivity index is 1.16. The summed E-state index contributed by atoms with van der Waals surface area (Å²) in [5, 5.41) is 15.4. The van der Waals surface area contributed by atoms with Crippen molar-refractivity contribution < 1.29 is 9.90 Å². The van der Waals surface area contributed by atoms with Crippen LogP contribution in [0.1, 0.15) is 23.2 Å². The van der Waals surface area contributed by atoms with Gasteiger partial charge in [0, 0.05) is 43.4 Å². The van der Waals surface area contributed by atoms with Crippen LogP contribution in [0.4, 0.5) is 0 Å². The number of amides is 1. The summed E-state index contributed by atoms with van der Waals surface area (Å²) in [6, 6.07) is 15.0. The first kappa shape index (κ1) is 21.3. The van der Waals surface area contributed by atoms with E-state index in [0.717, 1.165) is 16.8 Å². The van der Waals surface area contributed by atoms with E-state index in [1.807, 2.05) is 53.2 Å². The molecule has 0 radical (unpaired) electrons. The highest BCUT2D eigenvalue weighted by Crippen LogP contribution is 2.26. The largest absolute Gasteiger partial charge is 0.388 e. The van der Waals surface area contributed by atoms with Gasteiger partial charge in [0.25, 0.3) is 11.5 Å². The first-order valence-electron chi connectivity index (χ1n) is 11.6. The van der Waals surface area contributed by atoms with Crippen molar-refractivity contribution in [3.8, 4) is 11.1 Å². The molecule has 6 rings (SSSR count). The van der Waals surface area contributed by atoms with E-state index in [1.54, 1.807) is 29.4 Å². The van der Waals surface area contributed by atoms with Crippen LogP contribution in [0.15, 0.2) is 84.4 Å². The number of hydrogen-bond donors (Lipinski definition) is 1. The quantitative estimate of drug-likeness (QED) is 0.437. The van der Waals surface area contributed by atoms with E-state index >= 15 is 0 Å². The highest BCUT2D eigenvalue weighted by molar-refractivity contribution is 5.95. The van der Waals surface area contributed by atoms with Gasteiger partial charge in [-0.1, -0.05) is 12.1 Å². The number of carbonyl (C=O) groups is 1. The predicted molar refractivity (Wildman–Crippen MR) is 130 cm³/mol. The molecule has 1 aromatic carbocycles. The molecule has 1 amide bonds. The lowest BCUT2D eigenvalue weighted by Crippen LogP contribution is -2.49. The lowest BCUT2D eigenvalue weighted by Gasteiger charge is -2.38. The highest BCUT2D eigenvalue weighted by Gasteiger charge is 2.35. The number of carbonyl (C=O) groups excluding carboxylic acids is 1. The number of aromatic nitrogens is 5. The van der Waals surface area contributed by atoms with Crippen LogP contribution in [0.5, 0.6) is 0 Å². The molecule has 0 unspecified atom stereocenters. The molecular weight excluding hydrogens is 444 g/mol. The number of hydrogen-bond acceptors (Lipinski definition) is 5. The number of nitrogens with zero attached hydrogens (tertiary/aromatic N) is 6. The molecule has 9 heteroatoms. The van der Waals surface area contributed by atoms with Crippen molar-refractivity contribution in [1.29, 1.82) is 0 Å². The van der Waals surface area contributed by atoms with Gasteiger partial charge >= 0.3 is 0 Å². The molecule has 176 valence electrons. The van der Waals surface area contributed by atoms with Crippen LogP contribution < -0.4 is 5.56 Å². The average Bonchev–Trinajstić information content (AvgIpc) is 3.55. The Morgan fingerprint density at radius 1 is 1.03 bits per heavy atom. The van der Waals surface area contributed by atoms with Crippen molar-refractivity contribution in [2.24, 2.45) is 0 Å². The van der Waals surface area contributed by atoms with Crippen LogP contribution in [0.25, 0.3) is 22.3 Å². The first-order valence-corrected chi connectivity index (χ1v) is 11.6. The number of benzene rings is 1. The maximum absolute atomic E-state index is 13.3. The molecule has 0 atom stereocenters. The molecule has 1 fully saturated rings. The summed E-state index contributed by atoms with van der Waals surface area (Å²) in [7, 11) is 0. The molecule has 35 heavy (non-hydrogen) atoms. The molecule has 0 spiro atoms. The number of aliphatic hydroxyl groups is 1. The zero-order valence-electron chi connectivity index (χ0n) is 19.0. The van der Waals surface area contributed by atoms with Gasteiger partial charge in [-0.05, 0) is 60.4 Å². The Kier molecular flexibility index (Phi) is 5.00. The Morgan fingerprint density at radius 3 is 2.74 bits per heavy atom. The van der Waals surface area contributed by atoms with Crippen LogP contribution >= 0.6 is 0 Å². The normalized spacial score (nSPS) is 15.6. The highest BCUT2D eigenvalue weighted by atomic mass is 16.3. The third-order valence-corrected chi connectivity index (χ3v) is 6.80. The first-order chi connectivity index (χ1) is 17.0. The van der Waals surface area contributed by atoms with Crippen LogP contribution in [0.3, 0.4) is 0 Å². The van der Waals surface area contributed by atoms with Gasteiger partial charge in [-0.25, -0.2) is 9.50 Å². The zero-order valence-corrected chi connectivity index (χ0v) is 19.0. The van der Waals surface area contributed by atoms with E-state index in [-0.39, 0.29) is 18.0 Å². The minimum atomic E-state index is -1.07. The second kappa shape index (κ2) is 8.21. The monoisotopic (exact) mass is 468 g/mol. The van der Waals surface area contributed by atoms with Gasteiger partial charge in [0.05, 0.1) is 12.1 Å². The van der Waals surface area contributed by atoms with Gasteiger partial charge in [-0.2, -0.15) is 5.10 Å². The van der Waals surface area contributed by atoms with Crippen molar-refractivity contribution in [2.75, 3.05) is 13.1 Å². The molecule has 1 N–H and O–H groups in total. The topological polar surface area (TPSA) is 97.1 Å². The van der Waals surface area contributed by atoms with Crippen LogP contribution in [0.2, 0.25) is 0 Å². The Labute approximate surface area is 200 Å². The Bertz CT molecular complexity index is 1610. The van der Waals surface area contributed by atoms with Crippen molar-refractivity contribution in [1.82, 2.24) is 28.5 Å². The molecule has 0 aliphatic carbocycles. The zero-order chi connectivity index (χ0) is 24.0. The predicted octanol–water partition coefficient (Wildman–Crippen LogP) is 2.48. The third kappa shape index (κ3) is 3.89. The molecular formula is C26H24N6O3. The number of rotatable bonds is 4. The Hall–Kier alpha value is -4.24. The fourth-order valence-electron chi connectivity index (χ4n) is 4.78. The molecule has 9 nitrogen and oxygen atoms in total. The summed E-state index contributed by atoms with van der Waals surface area (Å²) >= 11 is 0. The molecule has 1 aliphatic heterocycles. The molecule has 0 bridgehead atoms.